The molecule has 0 N–H and O–H groups in total. The quantitative estimate of drug-likeness (QED) is 0.107. The van der Waals surface area contributed by atoms with Gasteiger partial charge in [-0.05, 0) is 50.2 Å². The number of unbranched alkanes of at least 4 members (excludes halogenated alkanes) is 6. The van der Waals surface area contributed by atoms with E-state index < -0.39 is 8.07 Å². The van der Waals surface area contributed by atoms with E-state index in [0.29, 0.717) is 0 Å². The Morgan fingerprint density at radius 2 is 0.850 bits per heavy atom. The lowest BCUT2D eigenvalue weighted by Gasteiger charge is -2.25. The minimum absolute atomic E-state index is 0.972. The Kier molecular flexibility index (Phi) is 9.33. The van der Waals surface area contributed by atoms with Crippen LogP contribution in [0.1, 0.15) is 74.1 Å². The van der Waals surface area contributed by atoms with Crippen LogP contribution in [0.5, 0.6) is 0 Å². The van der Waals surface area contributed by atoms with Crippen molar-refractivity contribution in [2.24, 2.45) is 0 Å². The van der Waals surface area contributed by atoms with Crippen molar-refractivity contribution in [1.29, 1.82) is 0 Å². The lowest BCUT2D eigenvalue weighted by Crippen LogP contribution is -2.31. The van der Waals surface area contributed by atoms with Crippen LogP contribution in [0.3, 0.4) is 0 Å². The molecule has 0 aromatic heterocycles. The Morgan fingerprint density at radius 1 is 0.475 bits per heavy atom. The molecule has 1 heteroatoms. The van der Waals surface area contributed by atoms with E-state index in [1.807, 2.05) is 0 Å². The predicted molar refractivity (Wildman–Crippen MR) is 177 cm³/mol. The molecule has 1 aliphatic heterocycles. The highest BCUT2D eigenvalue weighted by Gasteiger charge is 2.46. The molecule has 4 aromatic carbocycles. The minimum atomic E-state index is -2.50. The fourth-order valence-electron chi connectivity index (χ4n) is 6.10. The summed E-state index contributed by atoms with van der Waals surface area (Å²) in [4.78, 5) is 0. The highest BCUT2D eigenvalue weighted by Crippen LogP contribution is 2.55. The van der Waals surface area contributed by atoms with Crippen LogP contribution in [0.2, 0.25) is 6.55 Å². The van der Waals surface area contributed by atoms with Crippen molar-refractivity contribution in [2.45, 2.75) is 58.4 Å². The first-order valence-electron chi connectivity index (χ1n) is 15.0. The van der Waals surface area contributed by atoms with Crippen LogP contribution in [-0.2, 0) is 0 Å². The average molecular weight is 537 g/mol. The lowest BCUT2D eigenvalue weighted by atomic mass is 9.89. The molecule has 1 heterocycles. The van der Waals surface area contributed by atoms with Gasteiger partial charge in [0.1, 0.15) is 0 Å². The summed E-state index contributed by atoms with van der Waals surface area (Å²) >= 11 is 0. The SMILES string of the molecule is CCCCCCCCC#C[Si]1(C)C(c2ccccc2)=C(c2ccccc2)C(c2ccccc2)=C1c1ccccc1. The summed E-state index contributed by atoms with van der Waals surface area (Å²) in [6, 6.07) is 44.0. The highest BCUT2D eigenvalue weighted by atomic mass is 28.3. The van der Waals surface area contributed by atoms with Crippen molar-refractivity contribution >= 4 is 29.6 Å². The summed E-state index contributed by atoms with van der Waals surface area (Å²) < 4.78 is 0. The monoisotopic (exact) mass is 536 g/mol. The van der Waals surface area contributed by atoms with Crippen LogP contribution >= 0.6 is 0 Å². The third-order valence-corrected chi connectivity index (χ3v) is 11.7. The number of allylic oxidation sites excluding steroid dienone is 2. The summed E-state index contributed by atoms with van der Waals surface area (Å²) in [7, 11) is -2.50. The zero-order chi connectivity index (χ0) is 27.6. The van der Waals surface area contributed by atoms with E-state index in [4.69, 9.17) is 0 Å². The van der Waals surface area contributed by atoms with Gasteiger partial charge in [-0.25, -0.2) is 0 Å². The van der Waals surface area contributed by atoms with Crippen molar-refractivity contribution in [2.75, 3.05) is 0 Å². The summed E-state index contributed by atoms with van der Waals surface area (Å²) in [6.07, 6.45) is 8.75. The minimum Gasteiger partial charge on any atom is -0.120 e. The Balaban J connectivity index is 1.73. The maximum atomic E-state index is 4.03. The van der Waals surface area contributed by atoms with Crippen molar-refractivity contribution in [3.8, 4) is 11.5 Å². The van der Waals surface area contributed by atoms with Crippen molar-refractivity contribution in [3.63, 3.8) is 0 Å². The topological polar surface area (TPSA) is 0 Å². The fraction of sp³-hybridized carbons (Fsp3) is 0.231. The second-order valence-electron chi connectivity index (χ2n) is 10.9. The second kappa shape index (κ2) is 13.5. The lowest BCUT2D eigenvalue weighted by molar-refractivity contribution is 0.614. The van der Waals surface area contributed by atoms with Gasteiger partial charge < -0.3 is 0 Å². The molecule has 40 heavy (non-hydrogen) atoms. The molecule has 0 atom stereocenters. The molecule has 5 rings (SSSR count). The second-order valence-corrected chi connectivity index (χ2v) is 14.4. The molecule has 4 aromatic rings. The van der Waals surface area contributed by atoms with Gasteiger partial charge in [0.15, 0.2) is 8.07 Å². The van der Waals surface area contributed by atoms with Gasteiger partial charge in [0, 0.05) is 6.42 Å². The standard InChI is InChI=1S/C39H40Si/c1-3-4-5-6-7-8-9-22-31-40(2)38(34-27-18-12-19-28-34)36(32-23-14-10-15-24-32)37(33-25-16-11-17-26-33)39(40)35-29-20-13-21-30-35/h10-21,23-30H,3-9H2,1-2H3. The molecule has 0 amide bonds. The normalized spacial score (nSPS) is 14.2. The van der Waals surface area contributed by atoms with Gasteiger partial charge in [0.05, 0.1) is 0 Å². The van der Waals surface area contributed by atoms with Gasteiger partial charge in [-0.2, -0.15) is 0 Å². The zero-order valence-corrected chi connectivity index (χ0v) is 25.0. The third-order valence-electron chi connectivity index (χ3n) is 7.99. The van der Waals surface area contributed by atoms with Gasteiger partial charge >= 0.3 is 0 Å². The zero-order valence-electron chi connectivity index (χ0n) is 24.0. The van der Waals surface area contributed by atoms with E-state index in [1.54, 1.807) is 0 Å². The van der Waals surface area contributed by atoms with Gasteiger partial charge in [-0.15, -0.1) is 11.5 Å². The average Bonchev–Trinajstić information content (AvgIpc) is 3.29. The van der Waals surface area contributed by atoms with Crippen molar-refractivity contribution < 1.29 is 0 Å². The van der Waals surface area contributed by atoms with Crippen LogP contribution in [0.4, 0.5) is 0 Å². The van der Waals surface area contributed by atoms with E-state index in [9.17, 15) is 0 Å². The van der Waals surface area contributed by atoms with Gasteiger partial charge in [-0.3, -0.25) is 0 Å². The molecular formula is C39H40Si. The van der Waals surface area contributed by atoms with Crippen LogP contribution in [0.15, 0.2) is 121 Å². The molecule has 0 radical (unpaired) electrons. The maximum absolute atomic E-state index is 4.03. The van der Waals surface area contributed by atoms with Gasteiger partial charge in [0.2, 0.25) is 0 Å². The first kappa shape index (κ1) is 27.7. The molecule has 0 fully saturated rings. The molecule has 1 aliphatic rings. The smallest absolute Gasteiger partial charge is 0.120 e. The molecule has 200 valence electrons. The first-order valence-corrected chi connectivity index (χ1v) is 17.5. The van der Waals surface area contributed by atoms with Gasteiger partial charge in [-0.1, -0.05) is 167 Å². The number of benzene rings is 4. The summed E-state index contributed by atoms with van der Waals surface area (Å²) in [5.41, 5.74) is 11.8. The number of hydrogen-bond acceptors (Lipinski definition) is 0. The summed E-state index contributed by atoms with van der Waals surface area (Å²) in [6.45, 7) is 4.77. The number of rotatable bonds is 10. The molecular weight excluding hydrogens is 497 g/mol. The Hall–Kier alpha value is -3.86. The Bertz CT molecular complexity index is 1400. The van der Waals surface area contributed by atoms with Crippen molar-refractivity contribution in [3.05, 3.63) is 144 Å². The molecule has 0 aliphatic carbocycles. The Labute approximate surface area is 242 Å². The number of hydrogen-bond donors (Lipinski definition) is 0. The van der Waals surface area contributed by atoms with E-state index in [0.717, 1.165) is 6.42 Å². The molecule has 0 nitrogen and oxygen atoms in total. The first-order chi connectivity index (χ1) is 19.7. The van der Waals surface area contributed by atoms with E-state index in [1.165, 1.54) is 82.3 Å². The molecule has 0 bridgehead atoms. The van der Waals surface area contributed by atoms with Crippen LogP contribution in [0.25, 0.3) is 21.5 Å². The summed E-state index contributed by atoms with van der Waals surface area (Å²) in [5.74, 6) is 3.75. The van der Waals surface area contributed by atoms with E-state index in [2.05, 4.69) is 146 Å². The van der Waals surface area contributed by atoms with Crippen LogP contribution in [0, 0.1) is 11.5 Å². The third kappa shape index (κ3) is 5.99. The molecule has 0 unspecified atom stereocenters. The predicted octanol–water partition coefficient (Wildman–Crippen LogP) is 10.7. The van der Waals surface area contributed by atoms with E-state index >= 15 is 0 Å². The Morgan fingerprint density at radius 3 is 1.27 bits per heavy atom. The van der Waals surface area contributed by atoms with Crippen LogP contribution in [-0.4, -0.2) is 8.07 Å². The maximum Gasteiger partial charge on any atom is 0.198 e. The van der Waals surface area contributed by atoms with Crippen molar-refractivity contribution in [1.82, 2.24) is 0 Å². The van der Waals surface area contributed by atoms with Crippen LogP contribution < -0.4 is 0 Å². The summed E-state index contributed by atoms with van der Waals surface area (Å²) in [5, 5.41) is 2.87. The molecule has 0 spiro atoms. The van der Waals surface area contributed by atoms with E-state index in [-0.39, 0.29) is 0 Å². The van der Waals surface area contributed by atoms with Gasteiger partial charge in [0.25, 0.3) is 0 Å². The largest absolute Gasteiger partial charge is 0.198 e. The molecule has 0 saturated carbocycles. The fourth-order valence-corrected chi connectivity index (χ4v) is 10.1. The highest BCUT2D eigenvalue weighted by molar-refractivity contribution is 7.18. The molecule has 0 saturated heterocycles.